The van der Waals surface area contributed by atoms with Crippen molar-refractivity contribution in [2.24, 2.45) is 0 Å². The maximum Gasteiger partial charge on any atom is 0.280 e. The number of halogens is 2. The summed E-state index contributed by atoms with van der Waals surface area (Å²) >= 11 is 12.3. The van der Waals surface area contributed by atoms with Gasteiger partial charge >= 0.3 is 0 Å². The molecule has 0 bridgehead atoms. The quantitative estimate of drug-likeness (QED) is 0.654. The van der Waals surface area contributed by atoms with E-state index < -0.39 is 11.3 Å². The fourth-order valence-electron chi connectivity index (χ4n) is 2.71. The van der Waals surface area contributed by atoms with Gasteiger partial charge in [-0.1, -0.05) is 35.3 Å². The zero-order chi connectivity index (χ0) is 21.1. The van der Waals surface area contributed by atoms with Crippen LogP contribution in [0.1, 0.15) is 16.2 Å². The minimum atomic E-state index is -0.710. The number of nitrogens with one attached hydrogen (secondary N) is 1. The Morgan fingerprint density at radius 1 is 1.03 bits per heavy atom. The third kappa shape index (κ3) is 4.21. The second kappa shape index (κ2) is 8.55. The number of aromatic nitrogens is 2. The van der Waals surface area contributed by atoms with Crippen LogP contribution in [-0.4, -0.2) is 29.9 Å². The fraction of sp³-hybridized carbons (Fsp3) is 0.150. The first kappa shape index (κ1) is 20.7. The Kier molecular flexibility index (Phi) is 6.10. The number of anilines is 1. The molecule has 1 aromatic heterocycles. The van der Waals surface area contributed by atoms with Crippen molar-refractivity contribution in [3.05, 3.63) is 74.1 Å². The van der Waals surface area contributed by atoms with Crippen LogP contribution in [0.15, 0.2) is 47.3 Å². The normalized spacial score (nSPS) is 10.5. The number of hydrogen-bond acceptors (Lipinski definition) is 5. The maximum absolute atomic E-state index is 12.8. The van der Waals surface area contributed by atoms with Gasteiger partial charge in [0.25, 0.3) is 5.91 Å². The van der Waals surface area contributed by atoms with Crippen molar-refractivity contribution in [1.82, 2.24) is 9.78 Å². The van der Waals surface area contributed by atoms with Gasteiger partial charge < -0.3 is 14.8 Å². The zero-order valence-electron chi connectivity index (χ0n) is 15.8. The number of carbonyl (C=O) groups is 1. The molecule has 0 aliphatic carbocycles. The van der Waals surface area contributed by atoms with Crippen LogP contribution in [0.5, 0.6) is 11.5 Å². The highest BCUT2D eigenvalue weighted by atomic mass is 35.5. The van der Waals surface area contributed by atoms with Crippen LogP contribution in [0.25, 0.3) is 5.69 Å². The summed E-state index contributed by atoms with van der Waals surface area (Å²) < 4.78 is 11.9. The minimum Gasteiger partial charge on any atom is -0.495 e. The largest absolute Gasteiger partial charge is 0.495 e. The summed E-state index contributed by atoms with van der Waals surface area (Å²) in [6.07, 6.45) is 0. The van der Waals surface area contributed by atoms with Crippen LogP contribution < -0.4 is 20.2 Å². The molecule has 0 spiro atoms. The molecular formula is C20H17Cl2N3O4. The predicted molar refractivity (Wildman–Crippen MR) is 112 cm³/mol. The van der Waals surface area contributed by atoms with E-state index in [0.717, 1.165) is 0 Å². The lowest BCUT2D eigenvalue weighted by Crippen LogP contribution is -2.27. The molecule has 0 atom stereocenters. The highest BCUT2D eigenvalue weighted by Crippen LogP contribution is 2.36. The molecule has 2 aromatic carbocycles. The van der Waals surface area contributed by atoms with Gasteiger partial charge in [-0.3, -0.25) is 9.59 Å². The van der Waals surface area contributed by atoms with Gasteiger partial charge in [0, 0.05) is 23.9 Å². The van der Waals surface area contributed by atoms with Gasteiger partial charge in [0.2, 0.25) is 5.43 Å². The number of rotatable bonds is 5. The molecule has 0 unspecified atom stereocenters. The Labute approximate surface area is 176 Å². The second-order valence-corrected chi connectivity index (χ2v) is 6.82. The lowest BCUT2D eigenvalue weighted by Gasteiger charge is -2.14. The van der Waals surface area contributed by atoms with E-state index in [1.165, 1.54) is 37.1 Å². The Balaban J connectivity index is 2.04. The van der Waals surface area contributed by atoms with Gasteiger partial charge in [0.15, 0.2) is 5.69 Å². The van der Waals surface area contributed by atoms with E-state index in [9.17, 15) is 9.59 Å². The molecule has 1 amide bonds. The number of carbonyl (C=O) groups excluding carboxylic acids is 1. The van der Waals surface area contributed by atoms with E-state index in [0.29, 0.717) is 32.9 Å². The Morgan fingerprint density at radius 2 is 1.72 bits per heavy atom. The van der Waals surface area contributed by atoms with Crippen LogP contribution in [0.4, 0.5) is 5.69 Å². The summed E-state index contributed by atoms with van der Waals surface area (Å²) in [5.41, 5.74) is 0.538. The third-order valence-electron chi connectivity index (χ3n) is 4.13. The molecule has 29 heavy (non-hydrogen) atoms. The third-order valence-corrected chi connectivity index (χ3v) is 4.74. The summed E-state index contributed by atoms with van der Waals surface area (Å²) in [6.45, 7) is 1.70. The summed E-state index contributed by atoms with van der Waals surface area (Å²) in [4.78, 5) is 25.2. The van der Waals surface area contributed by atoms with E-state index in [2.05, 4.69) is 10.4 Å². The summed E-state index contributed by atoms with van der Waals surface area (Å²) in [5, 5.41) is 7.60. The van der Waals surface area contributed by atoms with Gasteiger partial charge in [-0.15, -0.1) is 0 Å². The predicted octanol–water partition coefficient (Wildman–Crippen LogP) is 4.12. The highest BCUT2D eigenvalue weighted by molar-refractivity contribution is 6.32. The first-order valence-corrected chi connectivity index (χ1v) is 9.20. The van der Waals surface area contributed by atoms with Crippen molar-refractivity contribution in [2.75, 3.05) is 19.5 Å². The van der Waals surface area contributed by atoms with Gasteiger partial charge in [-0.05, 0) is 19.1 Å². The van der Waals surface area contributed by atoms with Crippen LogP contribution in [0.2, 0.25) is 10.0 Å². The number of hydrogen-bond donors (Lipinski definition) is 1. The molecule has 0 saturated carbocycles. The number of amides is 1. The molecule has 0 saturated heterocycles. The lowest BCUT2D eigenvalue weighted by molar-refractivity contribution is 0.101. The van der Waals surface area contributed by atoms with Gasteiger partial charge in [0.1, 0.15) is 11.5 Å². The van der Waals surface area contributed by atoms with Crippen LogP contribution in [-0.2, 0) is 0 Å². The number of para-hydroxylation sites is 1. The van der Waals surface area contributed by atoms with Crippen LogP contribution in [0.3, 0.4) is 0 Å². The van der Waals surface area contributed by atoms with Crippen molar-refractivity contribution in [2.45, 2.75) is 6.92 Å². The number of methoxy groups -OCH3 is 2. The van der Waals surface area contributed by atoms with Crippen molar-refractivity contribution in [3.63, 3.8) is 0 Å². The maximum atomic E-state index is 12.8. The van der Waals surface area contributed by atoms with Crippen molar-refractivity contribution < 1.29 is 14.3 Å². The average molecular weight is 434 g/mol. The monoisotopic (exact) mass is 433 g/mol. The number of aryl methyl sites for hydroxylation is 1. The van der Waals surface area contributed by atoms with Gasteiger partial charge in [-0.25, -0.2) is 4.68 Å². The molecule has 0 aliphatic heterocycles. The molecule has 3 rings (SSSR count). The molecule has 150 valence electrons. The van der Waals surface area contributed by atoms with Crippen molar-refractivity contribution in [3.8, 4) is 17.2 Å². The van der Waals surface area contributed by atoms with E-state index in [-0.39, 0.29) is 11.4 Å². The molecule has 1 heterocycles. The highest BCUT2D eigenvalue weighted by Gasteiger charge is 2.19. The summed E-state index contributed by atoms with van der Waals surface area (Å²) in [7, 11) is 2.88. The molecule has 0 aliphatic rings. The topological polar surface area (TPSA) is 82.5 Å². The van der Waals surface area contributed by atoms with Gasteiger partial charge in [0.05, 0.1) is 35.6 Å². The summed E-state index contributed by atoms with van der Waals surface area (Å²) in [5.74, 6) is -0.0609. The van der Waals surface area contributed by atoms with E-state index in [1.807, 2.05) is 0 Å². The van der Waals surface area contributed by atoms with Crippen LogP contribution in [0, 0.1) is 6.92 Å². The first-order valence-electron chi connectivity index (χ1n) is 8.44. The molecule has 1 N–H and O–H groups in total. The second-order valence-electron chi connectivity index (χ2n) is 6.00. The lowest BCUT2D eigenvalue weighted by atomic mass is 10.2. The number of nitrogens with zero attached hydrogens (tertiary/aromatic N) is 2. The Hall–Kier alpha value is -3.03. The SMILES string of the molecule is COc1cc(NC(=O)c2nn(-c3ccccc3Cl)c(C)cc2=O)c(OC)cc1Cl. The summed E-state index contributed by atoms with van der Waals surface area (Å²) in [6, 6.07) is 11.3. The molecule has 9 heteroatoms. The molecule has 7 nitrogen and oxygen atoms in total. The smallest absolute Gasteiger partial charge is 0.280 e. The number of ether oxygens (including phenoxy) is 2. The molecule has 0 fully saturated rings. The first-order chi connectivity index (χ1) is 13.8. The van der Waals surface area contributed by atoms with Crippen molar-refractivity contribution >= 4 is 34.8 Å². The van der Waals surface area contributed by atoms with Crippen molar-refractivity contribution in [1.29, 1.82) is 0 Å². The van der Waals surface area contributed by atoms with Gasteiger partial charge in [-0.2, -0.15) is 5.10 Å². The fourth-order valence-corrected chi connectivity index (χ4v) is 3.16. The van der Waals surface area contributed by atoms with Crippen LogP contribution >= 0.6 is 23.2 Å². The number of benzene rings is 2. The Morgan fingerprint density at radius 3 is 2.38 bits per heavy atom. The van der Waals surface area contributed by atoms with E-state index in [1.54, 1.807) is 31.2 Å². The Bertz CT molecular complexity index is 1150. The molecular weight excluding hydrogens is 417 g/mol. The minimum absolute atomic E-state index is 0.282. The molecule has 0 radical (unpaired) electrons. The van der Waals surface area contributed by atoms with E-state index in [4.69, 9.17) is 32.7 Å². The molecule has 3 aromatic rings. The zero-order valence-corrected chi connectivity index (χ0v) is 17.3. The van der Waals surface area contributed by atoms with E-state index >= 15 is 0 Å². The standard InChI is InChI=1S/C20H17Cl2N3O4/c1-11-8-16(26)19(24-25(11)15-7-5-4-6-12(15)21)20(27)23-14-10-17(28-2)13(22)9-18(14)29-3/h4-10H,1-3H3,(H,23,27). The average Bonchev–Trinajstić information content (AvgIpc) is 2.69.